The molecule has 0 atom stereocenters. The Labute approximate surface area is 64.9 Å². The highest BCUT2D eigenvalue weighted by Crippen LogP contribution is 2.21. The molecule has 11 heavy (non-hydrogen) atoms. The van der Waals surface area contributed by atoms with Gasteiger partial charge in [0.15, 0.2) is 0 Å². The fourth-order valence-electron chi connectivity index (χ4n) is 1.11. The number of anilines is 1. The third kappa shape index (κ3) is 0.903. The number of aromatic nitrogens is 2. The van der Waals surface area contributed by atoms with Crippen molar-refractivity contribution in [2.45, 2.75) is 13.0 Å². The summed E-state index contributed by atoms with van der Waals surface area (Å²) in [5.41, 5.74) is 6.80. The zero-order valence-corrected chi connectivity index (χ0v) is 6.45. The van der Waals surface area contributed by atoms with Crippen LogP contribution >= 0.6 is 0 Å². The van der Waals surface area contributed by atoms with Crippen LogP contribution in [0.1, 0.15) is 11.6 Å². The van der Waals surface area contributed by atoms with E-state index < -0.39 is 0 Å². The minimum absolute atomic E-state index is 0.365. The van der Waals surface area contributed by atoms with Crippen LogP contribution in [0, 0.1) is 6.92 Å². The third-order valence-corrected chi connectivity index (χ3v) is 1.99. The maximum absolute atomic E-state index is 5.76. The predicted molar refractivity (Wildman–Crippen MR) is 41.2 cm³/mol. The maximum atomic E-state index is 5.76. The van der Waals surface area contributed by atoms with Crippen LogP contribution in [0.2, 0.25) is 0 Å². The molecule has 2 rings (SSSR count). The molecule has 1 aromatic heterocycles. The van der Waals surface area contributed by atoms with Gasteiger partial charge in [0.05, 0.1) is 19.4 Å². The van der Waals surface area contributed by atoms with Crippen molar-refractivity contribution in [1.29, 1.82) is 0 Å². The lowest BCUT2D eigenvalue weighted by Crippen LogP contribution is -2.32. The number of nitrogens with zero attached hydrogens (tertiary/aromatic N) is 2. The van der Waals surface area contributed by atoms with E-state index in [9.17, 15) is 0 Å². The number of aryl methyl sites for hydroxylation is 1. The number of rotatable bonds is 1. The molecular weight excluding hydrogens is 142 g/mol. The van der Waals surface area contributed by atoms with Gasteiger partial charge in [-0.15, -0.1) is 0 Å². The Bertz CT molecular complexity index is 265. The predicted octanol–water partition coefficient (Wildman–Crippen LogP) is 0.345. The lowest BCUT2D eigenvalue weighted by atomic mass is 10.2. The van der Waals surface area contributed by atoms with Gasteiger partial charge in [0, 0.05) is 5.56 Å². The van der Waals surface area contributed by atoms with E-state index in [2.05, 4.69) is 5.10 Å². The number of nitrogens with two attached hydrogens (primary N) is 1. The molecule has 0 radical (unpaired) electrons. The number of hydrogen-bond donors (Lipinski definition) is 1. The molecule has 2 heterocycles. The fourth-order valence-corrected chi connectivity index (χ4v) is 1.11. The molecule has 0 amide bonds. The average molecular weight is 153 g/mol. The molecule has 0 bridgehead atoms. The maximum Gasteiger partial charge on any atom is 0.125 e. The van der Waals surface area contributed by atoms with Gasteiger partial charge in [-0.05, 0) is 6.92 Å². The fraction of sp³-hybridized carbons (Fsp3) is 0.571. The quantitative estimate of drug-likeness (QED) is 0.633. The first-order valence-electron chi connectivity index (χ1n) is 3.66. The highest BCUT2D eigenvalue weighted by atomic mass is 16.5. The van der Waals surface area contributed by atoms with Crippen molar-refractivity contribution in [2.24, 2.45) is 0 Å². The van der Waals surface area contributed by atoms with Gasteiger partial charge in [-0.3, -0.25) is 0 Å². The molecule has 1 aromatic rings. The molecule has 1 saturated heterocycles. The van der Waals surface area contributed by atoms with Crippen molar-refractivity contribution in [3.8, 4) is 0 Å². The molecule has 1 aliphatic rings. The summed E-state index contributed by atoms with van der Waals surface area (Å²) in [6.07, 6.45) is 1.79. The van der Waals surface area contributed by atoms with E-state index in [0.29, 0.717) is 6.04 Å². The van der Waals surface area contributed by atoms with Gasteiger partial charge in [0.1, 0.15) is 11.9 Å². The largest absolute Gasteiger partial charge is 0.384 e. The van der Waals surface area contributed by atoms with E-state index in [1.165, 1.54) is 0 Å². The summed E-state index contributed by atoms with van der Waals surface area (Å²) in [5, 5.41) is 4.15. The average Bonchev–Trinajstić information content (AvgIpc) is 2.15. The van der Waals surface area contributed by atoms with Crippen LogP contribution in [0.5, 0.6) is 0 Å². The molecule has 4 heteroatoms. The Kier molecular flexibility index (Phi) is 1.35. The molecule has 60 valence electrons. The second-order valence-electron chi connectivity index (χ2n) is 2.85. The van der Waals surface area contributed by atoms with E-state index in [0.717, 1.165) is 24.6 Å². The SMILES string of the molecule is Cc1cnn(C2COC2)c1N. The van der Waals surface area contributed by atoms with Crippen molar-refractivity contribution in [3.05, 3.63) is 11.8 Å². The summed E-state index contributed by atoms with van der Waals surface area (Å²) in [7, 11) is 0. The summed E-state index contributed by atoms with van der Waals surface area (Å²) in [6.45, 7) is 3.44. The van der Waals surface area contributed by atoms with Crippen molar-refractivity contribution >= 4 is 5.82 Å². The summed E-state index contributed by atoms with van der Waals surface area (Å²) in [6, 6.07) is 0.365. The van der Waals surface area contributed by atoms with Gasteiger partial charge in [0.25, 0.3) is 0 Å². The number of ether oxygens (including phenoxy) is 1. The van der Waals surface area contributed by atoms with Gasteiger partial charge >= 0.3 is 0 Å². The summed E-state index contributed by atoms with van der Waals surface area (Å²) in [5.74, 6) is 0.762. The first-order valence-corrected chi connectivity index (χ1v) is 3.66. The number of hydrogen-bond acceptors (Lipinski definition) is 3. The number of nitrogen functional groups attached to an aromatic ring is 1. The molecule has 0 aromatic carbocycles. The van der Waals surface area contributed by atoms with Crippen molar-refractivity contribution < 1.29 is 4.74 Å². The molecule has 0 unspecified atom stereocenters. The Morgan fingerprint density at radius 2 is 2.45 bits per heavy atom. The second kappa shape index (κ2) is 2.23. The molecule has 4 nitrogen and oxygen atoms in total. The molecule has 0 spiro atoms. The standard InChI is InChI=1S/C7H11N3O/c1-5-2-9-10(7(5)8)6-3-11-4-6/h2,6H,3-4,8H2,1H3. The van der Waals surface area contributed by atoms with Crippen LogP contribution in [0.4, 0.5) is 5.82 Å². The molecule has 1 aliphatic heterocycles. The minimum Gasteiger partial charge on any atom is -0.384 e. The van der Waals surface area contributed by atoms with Gasteiger partial charge < -0.3 is 10.5 Å². The first-order chi connectivity index (χ1) is 5.29. The van der Waals surface area contributed by atoms with E-state index in [1.54, 1.807) is 6.20 Å². The monoisotopic (exact) mass is 153 g/mol. The Morgan fingerprint density at radius 1 is 1.73 bits per heavy atom. The van der Waals surface area contributed by atoms with E-state index in [1.807, 2.05) is 11.6 Å². The summed E-state index contributed by atoms with van der Waals surface area (Å²) >= 11 is 0. The van der Waals surface area contributed by atoms with Gasteiger partial charge in [-0.25, -0.2) is 4.68 Å². The highest BCUT2D eigenvalue weighted by Gasteiger charge is 2.22. The molecular formula is C7H11N3O. The minimum atomic E-state index is 0.365. The molecule has 1 fully saturated rings. The van der Waals surface area contributed by atoms with Crippen molar-refractivity contribution in [3.63, 3.8) is 0 Å². The van der Waals surface area contributed by atoms with Crippen LogP contribution in [-0.2, 0) is 4.74 Å². The topological polar surface area (TPSA) is 53.1 Å². The lowest BCUT2D eigenvalue weighted by molar-refractivity contribution is -0.0276. The smallest absolute Gasteiger partial charge is 0.125 e. The lowest BCUT2D eigenvalue weighted by Gasteiger charge is -2.26. The van der Waals surface area contributed by atoms with Crippen LogP contribution < -0.4 is 5.73 Å². The van der Waals surface area contributed by atoms with Crippen molar-refractivity contribution in [1.82, 2.24) is 9.78 Å². The van der Waals surface area contributed by atoms with Crippen molar-refractivity contribution in [2.75, 3.05) is 18.9 Å². The van der Waals surface area contributed by atoms with Crippen LogP contribution in [-0.4, -0.2) is 23.0 Å². The molecule has 2 N–H and O–H groups in total. The Hall–Kier alpha value is -1.03. The molecule has 0 saturated carbocycles. The van der Waals surface area contributed by atoms with Gasteiger partial charge in [-0.1, -0.05) is 0 Å². The highest BCUT2D eigenvalue weighted by molar-refractivity contribution is 5.37. The Balaban J connectivity index is 2.29. The van der Waals surface area contributed by atoms with E-state index in [-0.39, 0.29) is 0 Å². The third-order valence-electron chi connectivity index (χ3n) is 1.99. The van der Waals surface area contributed by atoms with E-state index in [4.69, 9.17) is 10.5 Å². The van der Waals surface area contributed by atoms with Gasteiger partial charge in [0.2, 0.25) is 0 Å². The van der Waals surface area contributed by atoms with Gasteiger partial charge in [-0.2, -0.15) is 5.10 Å². The zero-order valence-electron chi connectivity index (χ0n) is 6.45. The first kappa shape index (κ1) is 6.67. The van der Waals surface area contributed by atoms with Crippen LogP contribution in [0.25, 0.3) is 0 Å². The summed E-state index contributed by atoms with van der Waals surface area (Å²) < 4.78 is 6.87. The van der Waals surface area contributed by atoms with E-state index >= 15 is 0 Å². The zero-order chi connectivity index (χ0) is 7.84. The van der Waals surface area contributed by atoms with Crippen LogP contribution in [0.15, 0.2) is 6.20 Å². The van der Waals surface area contributed by atoms with Crippen LogP contribution in [0.3, 0.4) is 0 Å². The summed E-state index contributed by atoms with van der Waals surface area (Å²) in [4.78, 5) is 0. The molecule has 0 aliphatic carbocycles. The second-order valence-corrected chi connectivity index (χ2v) is 2.85. The Morgan fingerprint density at radius 3 is 2.82 bits per heavy atom. The normalized spacial score (nSPS) is 18.3.